The van der Waals surface area contributed by atoms with Crippen molar-refractivity contribution < 1.29 is 36.2 Å². The molecule has 8 heteroatoms. The SMILES string of the molecule is CCC[C@H]1CC[C@H]([C@H]2CC[C@H](C=Cc3ccc(C(=O)Oc4cc(F)c(OC(F)(F)F)c(F)c4)cc3)CC2)CC1. The van der Waals surface area contributed by atoms with Gasteiger partial charge in [0, 0.05) is 12.1 Å². The molecule has 2 aromatic carbocycles. The van der Waals surface area contributed by atoms with E-state index in [2.05, 4.69) is 17.7 Å². The summed E-state index contributed by atoms with van der Waals surface area (Å²) < 4.78 is 72.9. The highest BCUT2D eigenvalue weighted by molar-refractivity contribution is 5.91. The lowest BCUT2D eigenvalue weighted by Crippen LogP contribution is -2.25. The summed E-state index contributed by atoms with van der Waals surface area (Å²) in [5.74, 6) is -3.11. The summed E-state index contributed by atoms with van der Waals surface area (Å²) in [7, 11) is 0. The molecule has 0 atom stereocenters. The fourth-order valence-electron chi connectivity index (χ4n) is 6.12. The highest BCUT2D eigenvalue weighted by Gasteiger charge is 2.34. The first-order chi connectivity index (χ1) is 18.6. The van der Waals surface area contributed by atoms with Gasteiger partial charge in [-0.2, -0.15) is 0 Å². The van der Waals surface area contributed by atoms with Gasteiger partial charge < -0.3 is 9.47 Å². The van der Waals surface area contributed by atoms with Crippen LogP contribution in [0.15, 0.2) is 42.5 Å². The molecule has 39 heavy (non-hydrogen) atoms. The van der Waals surface area contributed by atoms with Crippen LogP contribution in [-0.4, -0.2) is 12.3 Å². The second kappa shape index (κ2) is 13.0. The van der Waals surface area contributed by atoms with Gasteiger partial charge in [0.2, 0.25) is 5.75 Å². The molecule has 2 aliphatic rings. The molecule has 2 aromatic rings. The molecule has 2 aliphatic carbocycles. The second-order valence-corrected chi connectivity index (χ2v) is 10.9. The van der Waals surface area contributed by atoms with Crippen molar-refractivity contribution in [2.45, 2.75) is 77.5 Å². The third kappa shape index (κ3) is 8.29. The molecule has 0 saturated heterocycles. The Balaban J connectivity index is 1.26. The monoisotopic (exact) mass is 550 g/mol. The molecular formula is C31H35F5O3. The topological polar surface area (TPSA) is 35.5 Å². The van der Waals surface area contributed by atoms with Crippen LogP contribution in [-0.2, 0) is 0 Å². The third-order valence-electron chi connectivity index (χ3n) is 8.18. The van der Waals surface area contributed by atoms with Gasteiger partial charge in [-0.1, -0.05) is 56.9 Å². The summed E-state index contributed by atoms with van der Waals surface area (Å²) in [4.78, 5) is 12.4. The normalized spacial score (nSPS) is 24.1. The zero-order valence-corrected chi connectivity index (χ0v) is 22.1. The van der Waals surface area contributed by atoms with Gasteiger partial charge in [-0.05, 0) is 79.9 Å². The van der Waals surface area contributed by atoms with Gasteiger partial charge in [0.25, 0.3) is 0 Å². The number of esters is 1. The Morgan fingerprint density at radius 1 is 0.897 bits per heavy atom. The summed E-state index contributed by atoms with van der Waals surface area (Å²) in [5.41, 5.74) is 1.05. The van der Waals surface area contributed by atoms with E-state index in [-0.39, 0.29) is 5.56 Å². The number of halogens is 5. The fraction of sp³-hybridized carbons (Fsp3) is 0.516. The zero-order valence-electron chi connectivity index (χ0n) is 22.1. The van der Waals surface area contributed by atoms with Crippen molar-refractivity contribution in [1.82, 2.24) is 0 Å². The van der Waals surface area contributed by atoms with E-state index >= 15 is 0 Å². The molecule has 0 bridgehead atoms. The number of alkyl halides is 3. The molecule has 0 N–H and O–H groups in total. The van der Waals surface area contributed by atoms with Crippen molar-refractivity contribution in [3.63, 3.8) is 0 Å². The maximum Gasteiger partial charge on any atom is 0.573 e. The van der Waals surface area contributed by atoms with E-state index in [1.54, 1.807) is 12.1 Å². The van der Waals surface area contributed by atoms with Crippen LogP contribution in [0.25, 0.3) is 6.08 Å². The zero-order chi connectivity index (χ0) is 28.0. The molecule has 0 spiro atoms. The summed E-state index contributed by atoms with van der Waals surface area (Å²) in [6.45, 7) is 2.28. The molecule has 0 amide bonds. The van der Waals surface area contributed by atoms with E-state index in [9.17, 15) is 26.7 Å². The average molecular weight is 551 g/mol. The van der Waals surface area contributed by atoms with Gasteiger partial charge in [-0.25, -0.2) is 13.6 Å². The van der Waals surface area contributed by atoms with Crippen LogP contribution in [0, 0.1) is 35.3 Å². The molecule has 2 fully saturated rings. The molecule has 3 nitrogen and oxygen atoms in total. The number of ether oxygens (including phenoxy) is 2. The maximum absolute atomic E-state index is 13.9. The van der Waals surface area contributed by atoms with Gasteiger partial charge in [0.1, 0.15) is 5.75 Å². The number of carbonyl (C=O) groups is 1. The first-order valence-electron chi connectivity index (χ1n) is 13.9. The number of allylic oxidation sites excluding steroid dienone is 1. The van der Waals surface area contributed by atoms with Crippen LogP contribution in [0.2, 0.25) is 0 Å². The maximum atomic E-state index is 13.9. The highest BCUT2D eigenvalue weighted by atomic mass is 19.4. The van der Waals surface area contributed by atoms with E-state index in [1.807, 2.05) is 6.08 Å². The van der Waals surface area contributed by atoms with Crippen molar-refractivity contribution in [2.75, 3.05) is 0 Å². The van der Waals surface area contributed by atoms with Gasteiger partial charge in [-0.15, -0.1) is 13.2 Å². The minimum Gasteiger partial charge on any atom is -0.423 e. The Kier molecular flexibility index (Phi) is 9.67. The van der Waals surface area contributed by atoms with Crippen LogP contribution >= 0.6 is 0 Å². The van der Waals surface area contributed by atoms with Crippen molar-refractivity contribution >= 4 is 12.0 Å². The molecule has 4 rings (SSSR count). The van der Waals surface area contributed by atoms with Crippen molar-refractivity contribution in [1.29, 1.82) is 0 Å². The van der Waals surface area contributed by atoms with Gasteiger partial charge >= 0.3 is 12.3 Å². The highest BCUT2D eigenvalue weighted by Crippen LogP contribution is 2.42. The van der Waals surface area contributed by atoms with E-state index in [0.717, 1.165) is 23.3 Å². The van der Waals surface area contributed by atoms with E-state index in [4.69, 9.17) is 4.74 Å². The lowest BCUT2D eigenvalue weighted by molar-refractivity contribution is -0.276. The molecule has 2 saturated carbocycles. The van der Waals surface area contributed by atoms with Crippen molar-refractivity contribution in [2.24, 2.45) is 23.7 Å². The standard InChI is InChI=1S/C31H35F5O3/c1-2-3-20-6-12-23(13-7-20)24-14-8-21(9-15-24)4-5-22-10-16-25(17-11-22)30(37)38-26-18-27(32)29(28(33)19-26)39-31(34,35)36/h4-5,10-11,16-21,23-24H,2-3,6-9,12-15H2,1H3/t20-,21-,23-,24-. The predicted octanol–water partition coefficient (Wildman–Crippen LogP) is 9.51. The minimum atomic E-state index is -5.26. The quantitative estimate of drug-likeness (QED) is 0.187. The van der Waals surface area contributed by atoms with Gasteiger partial charge in [0.15, 0.2) is 11.6 Å². The lowest BCUT2D eigenvalue weighted by atomic mass is 9.68. The summed E-state index contributed by atoms with van der Waals surface area (Å²) in [6.07, 6.45) is 12.2. The molecule has 0 heterocycles. The van der Waals surface area contributed by atoms with Crippen LogP contribution < -0.4 is 9.47 Å². The Morgan fingerprint density at radius 2 is 1.46 bits per heavy atom. The van der Waals surface area contributed by atoms with E-state index in [0.29, 0.717) is 18.1 Å². The first-order valence-corrected chi connectivity index (χ1v) is 13.9. The summed E-state index contributed by atoms with van der Waals surface area (Å²) in [6, 6.07) is 7.48. The Labute approximate surface area is 226 Å². The number of hydrogen-bond acceptors (Lipinski definition) is 3. The number of hydrogen-bond donors (Lipinski definition) is 0. The molecule has 0 aromatic heterocycles. The Morgan fingerprint density at radius 3 is 2.00 bits per heavy atom. The fourth-order valence-corrected chi connectivity index (χ4v) is 6.12. The van der Waals surface area contributed by atoms with Crippen molar-refractivity contribution in [3.05, 3.63) is 65.2 Å². The summed E-state index contributed by atoms with van der Waals surface area (Å²) in [5, 5.41) is 0. The number of benzene rings is 2. The van der Waals surface area contributed by atoms with Crippen LogP contribution in [0.4, 0.5) is 22.0 Å². The Bertz CT molecular complexity index is 1100. The average Bonchev–Trinajstić information content (AvgIpc) is 2.90. The van der Waals surface area contributed by atoms with Crippen LogP contribution in [0.3, 0.4) is 0 Å². The van der Waals surface area contributed by atoms with E-state index < -0.39 is 35.5 Å². The number of carbonyl (C=O) groups excluding carboxylic acids is 1. The predicted molar refractivity (Wildman–Crippen MR) is 139 cm³/mol. The van der Waals surface area contributed by atoms with Crippen LogP contribution in [0.5, 0.6) is 11.5 Å². The molecule has 0 radical (unpaired) electrons. The molecule has 212 valence electrons. The third-order valence-corrected chi connectivity index (χ3v) is 8.18. The first kappa shape index (κ1) is 29.1. The van der Waals surface area contributed by atoms with Gasteiger partial charge in [-0.3, -0.25) is 0 Å². The number of rotatable bonds is 8. The van der Waals surface area contributed by atoms with Crippen molar-refractivity contribution in [3.8, 4) is 11.5 Å². The second-order valence-electron chi connectivity index (χ2n) is 10.9. The molecular weight excluding hydrogens is 515 g/mol. The molecule has 0 unspecified atom stereocenters. The summed E-state index contributed by atoms with van der Waals surface area (Å²) >= 11 is 0. The minimum absolute atomic E-state index is 0.137. The molecule has 0 aliphatic heterocycles. The largest absolute Gasteiger partial charge is 0.573 e. The van der Waals surface area contributed by atoms with Gasteiger partial charge in [0.05, 0.1) is 5.56 Å². The Hall–Kier alpha value is -2.90. The van der Waals surface area contributed by atoms with E-state index in [1.165, 1.54) is 76.3 Å². The smallest absolute Gasteiger partial charge is 0.423 e. The van der Waals surface area contributed by atoms with Crippen LogP contribution in [0.1, 0.15) is 87.1 Å². The lowest BCUT2D eigenvalue weighted by Gasteiger charge is -2.37.